The Balaban J connectivity index is 1.73. The van der Waals surface area contributed by atoms with E-state index in [2.05, 4.69) is 15.7 Å². The van der Waals surface area contributed by atoms with Gasteiger partial charge in [-0.15, -0.1) is 5.10 Å². The van der Waals surface area contributed by atoms with Crippen molar-refractivity contribution < 1.29 is 23.5 Å². The minimum Gasteiger partial charge on any atom is -0.384 e. The minimum atomic E-state index is -0.899. The van der Waals surface area contributed by atoms with E-state index in [1.54, 1.807) is 24.3 Å². The van der Waals surface area contributed by atoms with Crippen molar-refractivity contribution in [2.75, 3.05) is 13.7 Å². The molecule has 0 bridgehead atoms. The van der Waals surface area contributed by atoms with Crippen molar-refractivity contribution in [2.24, 2.45) is 11.8 Å². The fourth-order valence-corrected chi connectivity index (χ4v) is 4.31. The summed E-state index contributed by atoms with van der Waals surface area (Å²) >= 11 is 0. The molecule has 3 rings (SSSR count). The predicted octanol–water partition coefficient (Wildman–Crippen LogP) is 2.19. The van der Waals surface area contributed by atoms with Gasteiger partial charge in [0.2, 0.25) is 11.7 Å². The van der Waals surface area contributed by atoms with Gasteiger partial charge in [0, 0.05) is 18.7 Å². The van der Waals surface area contributed by atoms with Crippen molar-refractivity contribution in [1.29, 1.82) is 0 Å². The van der Waals surface area contributed by atoms with Crippen LogP contribution in [0.1, 0.15) is 67.0 Å². The first-order valence-corrected chi connectivity index (χ1v) is 12.1. The summed E-state index contributed by atoms with van der Waals surface area (Å²) in [7, 11) is 1.49. The number of carbonyl (C=O) groups excluding carboxylic acids is 3. The molecule has 1 heterocycles. The summed E-state index contributed by atoms with van der Waals surface area (Å²) in [5, 5.41) is 9.84. The summed E-state index contributed by atoms with van der Waals surface area (Å²) in [5.41, 5.74) is 0.532. The topological polar surface area (TPSA) is 133 Å². The van der Waals surface area contributed by atoms with Crippen molar-refractivity contribution in [3.63, 3.8) is 0 Å². The van der Waals surface area contributed by atoms with E-state index in [9.17, 15) is 19.2 Å². The Morgan fingerprint density at radius 3 is 2.57 bits per heavy atom. The average Bonchev–Trinajstić information content (AvgIpc) is 3.22. The fourth-order valence-electron chi connectivity index (χ4n) is 4.31. The number of ketones is 1. The normalized spacial score (nSPS) is 18.7. The van der Waals surface area contributed by atoms with Gasteiger partial charge in [-0.2, -0.15) is 4.68 Å². The highest BCUT2D eigenvalue weighted by Crippen LogP contribution is 2.26. The van der Waals surface area contributed by atoms with Crippen LogP contribution < -0.4 is 16.4 Å². The number of benzene rings is 1. The molecule has 2 N–H and O–H groups in total. The number of carbonyl (C=O) groups is 3. The number of amides is 2. The lowest BCUT2D eigenvalue weighted by atomic mass is 9.83. The maximum atomic E-state index is 13.3. The number of hydrogen-bond acceptors (Lipinski definition) is 7. The van der Waals surface area contributed by atoms with E-state index in [0.29, 0.717) is 24.8 Å². The number of hydrogen-bond donors (Lipinski definition) is 2. The molecule has 35 heavy (non-hydrogen) atoms. The average molecular weight is 487 g/mol. The third kappa shape index (κ3) is 7.11. The highest BCUT2D eigenvalue weighted by molar-refractivity contribution is 5.99. The predicted molar refractivity (Wildman–Crippen MR) is 128 cm³/mol. The lowest BCUT2D eigenvalue weighted by Crippen LogP contribution is -2.52. The molecule has 10 nitrogen and oxygen atoms in total. The van der Waals surface area contributed by atoms with Gasteiger partial charge in [-0.05, 0) is 37.3 Å². The second kappa shape index (κ2) is 12.4. The summed E-state index contributed by atoms with van der Waals surface area (Å²) in [6, 6.07) is 7.63. The lowest BCUT2D eigenvalue weighted by Gasteiger charge is -2.32. The Morgan fingerprint density at radius 2 is 1.89 bits per heavy atom. The summed E-state index contributed by atoms with van der Waals surface area (Å²) in [6.45, 7) is 4.26. The van der Waals surface area contributed by atoms with E-state index in [-0.39, 0.29) is 42.8 Å². The highest BCUT2D eigenvalue weighted by atomic mass is 16.5. The van der Waals surface area contributed by atoms with Gasteiger partial charge in [0.05, 0.1) is 25.1 Å². The van der Waals surface area contributed by atoms with Crippen LogP contribution in [0.4, 0.5) is 0 Å². The molecule has 0 radical (unpaired) electrons. The van der Waals surface area contributed by atoms with Crippen molar-refractivity contribution >= 4 is 17.6 Å². The molecule has 2 aromatic rings. The summed E-state index contributed by atoms with van der Waals surface area (Å²) in [5.74, 6) is -2.56. The van der Waals surface area contributed by atoms with Gasteiger partial charge < -0.3 is 19.8 Å². The van der Waals surface area contributed by atoms with Crippen molar-refractivity contribution in [3.8, 4) is 0 Å². The van der Waals surface area contributed by atoms with Crippen LogP contribution in [0.3, 0.4) is 0 Å². The van der Waals surface area contributed by atoms with Crippen LogP contribution in [0, 0.1) is 11.8 Å². The lowest BCUT2D eigenvalue weighted by molar-refractivity contribution is -0.127. The number of Topliss-reactive ketones (excluding diaryl/α,β-unsaturated/α-hetero) is 1. The number of rotatable bonds is 11. The van der Waals surface area contributed by atoms with Gasteiger partial charge in [0.15, 0.2) is 0 Å². The van der Waals surface area contributed by atoms with Crippen LogP contribution in [-0.4, -0.2) is 53.2 Å². The maximum absolute atomic E-state index is 13.3. The number of aromatic nitrogens is 2. The smallest absolute Gasteiger partial charge is 0.384 e. The number of nitrogens with one attached hydrogen (secondary N) is 2. The Morgan fingerprint density at radius 1 is 1.17 bits per heavy atom. The standard InChI is InChI=1S/C25H34N4O6/c1-16(2)15-20(21(30)24-28-29(13-14-34-3)25(33)35-24)27-23(32)18-11-7-8-12-19(18)26-22(31)17-9-5-4-6-10-17/h4-6,9-10,16,18-20H,7-8,11-15H2,1-3H3,(H,26,31)(H,27,32)/t18-,19+,20+/m1/s1. The van der Waals surface area contributed by atoms with Crippen molar-refractivity contribution in [1.82, 2.24) is 20.4 Å². The van der Waals surface area contributed by atoms with Gasteiger partial charge in [-0.25, -0.2) is 4.79 Å². The SMILES string of the molecule is COCCn1nc(C(=O)[C@H](CC(C)C)NC(=O)[C@@H]2CCCC[C@@H]2NC(=O)c2ccccc2)oc1=O. The Kier molecular flexibility index (Phi) is 9.36. The number of methoxy groups -OCH3 is 1. The van der Waals surface area contributed by atoms with Crippen LogP contribution in [0.2, 0.25) is 0 Å². The Labute approximate surface area is 204 Å². The van der Waals surface area contributed by atoms with E-state index < -0.39 is 23.5 Å². The second-order valence-corrected chi connectivity index (χ2v) is 9.28. The van der Waals surface area contributed by atoms with E-state index >= 15 is 0 Å². The number of nitrogens with zero attached hydrogens (tertiary/aromatic N) is 2. The number of ether oxygens (including phenoxy) is 1. The zero-order chi connectivity index (χ0) is 25.4. The van der Waals surface area contributed by atoms with Gasteiger partial charge in [-0.1, -0.05) is 44.9 Å². The van der Waals surface area contributed by atoms with Crippen LogP contribution in [-0.2, 0) is 16.1 Å². The summed E-state index contributed by atoms with van der Waals surface area (Å²) in [4.78, 5) is 51.2. The molecule has 2 amide bonds. The van der Waals surface area contributed by atoms with Crippen LogP contribution >= 0.6 is 0 Å². The monoisotopic (exact) mass is 486 g/mol. The third-order valence-corrected chi connectivity index (χ3v) is 6.12. The van der Waals surface area contributed by atoms with Crippen LogP contribution in [0.5, 0.6) is 0 Å². The third-order valence-electron chi connectivity index (χ3n) is 6.12. The minimum absolute atomic E-state index is 0.0893. The molecule has 0 unspecified atom stereocenters. The molecule has 3 atom stereocenters. The van der Waals surface area contributed by atoms with E-state index in [4.69, 9.17) is 9.15 Å². The zero-order valence-corrected chi connectivity index (χ0v) is 20.5. The van der Waals surface area contributed by atoms with E-state index in [1.165, 1.54) is 7.11 Å². The molecule has 1 aromatic carbocycles. The first-order chi connectivity index (χ1) is 16.8. The first-order valence-electron chi connectivity index (χ1n) is 12.1. The van der Waals surface area contributed by atoms with Crippen LogP contribution in [0.15, 0.2) is 39.5 Å². The quantitative estimate of drug-likeness (QED) is 0.465. The largest absolute Gasteiger partial charge is 0.437 e. The van der Waals surface area contributed by atoms with Gasteiger partial charge in [-0.3, -0.25) is 14.4 Å². The molecular weight excluding hydrogens is 452 g/mol. The second-order valence-electron chi connectivity index (χ2n) is 9.28. The molecule has 1 aromatic heterocycles. The molecule has 1 aliphatic rings. The Hall–Kier alpha value is -3.27. The van der Waals surface area contributed by atoms with Crippen LogP contribution in [0.25, 0.3) is 0 Å². The molecule has 1 saturated carbocycles. The molecule has 0 spiro atoms. The fraction of sp³-hybridized carbons (Fsp3) is 0.560. The molecule has 0 saturated heterocycles. The molecule has 1 aliphatic carbocycles. The van der Waals surface area contributed by atoms with E-state index in [1.807, 2.05) is 19.9 Å². The van der Waals surface area contributed by atoms with Gasteiger partial charge in [0.25, 0.3) is 11.8 Å². The van der Waals surface area contributed by atoms with Gasteiger partial charge in [0.1, 0.15) is 0 Å². The Bertz CT molecular complexity index is 1060. The maximum Gasteiger partial charge on any atom is 0.437 e. The van der Waals surface area contributed by atoms with E-state index in [0.717, 1.165) is 17.5 Å². The molecule has 190 valence electrons. The molecule has 1 fully saturated rings. The molecule has 0 aliphatic heterocycles. The van der Waals surface area contributed by atoms with Crippen molar-refractivity contribution in [3.05, 3.63) is 52.3 Å². The highest BCUT2D eigenvalue weighted by Gasteiger charge is 2.35. The van der Waals surface area contributed by atoms with Crippen molar-refractivity contribution in [2.45, 2.75) is 64.6 Å². The molecular formula is C25H34N4O6. The summed E-state index contributed by atoms with van der Waals surface area (Å²) < 4.78 is 11.0. The summed E-state index contributed by atoms with van der Waals surface area (Å²) in [6.07, 6.45) is 3.40. The molecule has 10 heteroatoms. The first kappa shape index (κ1) is 26.3. The van der Waals surface area contributed by atoms with Gasteiger partial charge >= 0.3 is 5.76 Å². The zero-order valence-electron chi connectivity index (χ0n) is 20.5.